The van der Waals surface area contributed by atoms with Crippen LogP contribution in [0.5, 0.6) is 0 Å². The number of pyridine rings is 1. The molecule has 0 saturated heterocycles. The average Bonchev–Trinajstić information content (AvgIpc) is 3.47. The highest BCUT2D eigenvalue weighted by atomic mass is 16.1. The van der Waals surface area contributed by atoms with Gasteiger partial charge >= 0.3 is 0 Å². The van der Waals surface area contributed by atoms with Gasteiger partial charge in [-0.3, -0.25) is 19.8 Å². The number of nitrogens with zero attached hydrogens (tertiary/aromatic N) is 3. The predicted molar refractivity (Wildman–Crippen MR) is 115 cm³/mol. The Balaban J connectivity index is 1.38. The zero-order valence-electron chi connectivity index (χ0n) is 16.3. The lowest BCUT2D eigenvalue weighted by Gasteiger charge is -2.10. The second-order valence-corrected chi connectivity index (χ2v) is 7.25. The average molecular weight is 388 g/mol. The summed E-state index contributed by atoms with van der Waals surface area (Å²) in [4.78, 5) is 25.6. The summed E-state index contributed by atoms with van der Waals surface area (Å²) in [5.74, 6) is 0.422. The first-order valence-corrected chi connectivity index (χ1v) is 9.78. The third kappa shape index (κ3) is 5.14. The van der Waals surface area contributed by atoms with Crippen LogP contribution in [-0.4, -0.2) is 29.9 Å². The third-order valence-corrected chi connectivity index (χ3v) is 4.92. The van der Waals surface area contributed by atoms with Crippen LogP contribution in [0.15, 0.2) is 64.6 Å². The maximum absolute atomic E-state index is 12.6. The van der Waals surface area contributed by atoms with Crippen LogP contribution >= 0.6 is 0 Å². The molecule has 3 N–H and O–H groups in total. The summed E-state index contributed by atoms with van der Waals surface area (Å²) in [6, 6.07) is 9.64. The fourth-order valence-electron chi connectivity index (χ4n) is 3.09. The molecule has 2 heterocycles. The molecule has 29 heavy (non-hydrogen) atoms. The number of anilines is 1. The number of benzene rings is 1. The third-order valence-electron chi connectivity index (χ3n) is 4.92. The molecule has 4 rings (SSSR count). The summed E-state index contributed by atoms with van der Waals surface area (Å²) in [5, 5.41) is 2.97. The molecule has 1 fully saturated rings. The summed E-state index contributed by atoms with van der Waals surface area (Å²) in [5.41, 5.74) is 10.3. The number of hydrogen-bond donors (Lipinski definition) is 3. The zero-order valence-corrected chi connectivity index (χ0v) is 16.3. The molecule has 2 aliphatic rings. The molecule has 2 aromatic rings. The standard InChI is InChI=1S/C22H24N6O/c1-15(24-7-8-25-21-13-26-27-14-21)17-3-2-4-20(10-17)28-22(29)19-9-18(11-23-12-19)16-5-6-16/h2-4,7-13,15-16,26-27H,5-6,14H2,1H3,(H,28,29). The fourth-order valence-corrected chi connectivity index (χ4v) is 3.09. The maximum atomic E-state index is 12.6. The Bertz CT molecular complexity index is 977. The summed E-state index contributed by atoms with van der Waals surface area (Å²) >= 11 is 0. The molecule has 1 saturated carbocycles. The van der Waals surface area contributed by atoms with E-state index in [-0.39, 0.29) is 11.9 Å². The molecule has 0 bridgehead atoms. The number of hydrazine groups is 1. The van der Waals surface area contributed by atoms with Crippen LogP contribution in [-0.2, 0) is 0 Å². The molecule has 148 valence electrons. The Morgan fingerprint density at radius 3 is 2.97 bits per heavy atom. The van der Waals surface area contributed by atoms with Crippen molar-refractivity contribution in [3.05, 3.63) is 71.3 Å². The van der Waals surface area contributed by atoms with Gasteiger partial charge < -0.3 is 10.7 Å². The Morgan fingerprint density at radius 1 is 1.28 bits per heavy atom. The number of amides is 1. The SMILES string of the molecule is CC(N=CC=NC1=CNNC1)c1cccc(NC(=O)c2cncc(C3CC3)c2)c1. The number of rotatable bonds is 7. The molecule has 1 atom stereocenters. The van der Waals surface area contributed by atoms with Crippen LogP contribution in [0.2, 0.25) is 0 Å². The summed E-state index contributed by atoms with van der Waals surface area (Å²) in [7, 11) is 0. The van der Waals surface area contributed by atoms with Crippen LogP contribution in [0.3, 0.4) is 0 Å². The van der Waals surface area contributed by atoms with Gasteiger partial charge in [0.25, 0.3) is 5.91 Å². The predicted octanol–water partition coefficient (Wildman–Crippen LogP) is 3.36. The first-order chi connectivity index (χ1) is 14.2. The van der Waals surface area contributed by atoms with Crippen molar-refractivity contribution in [2.24, 2.45) is 9.98 Å². The van der Waals surface area contributed by atoms with Crippen molar-refractivity contribution < 1.29 is 4.79 Å². The van der Waals surface area contributed by atoms with Crippen molar-refractivity contribution in [2.45, 2.75) is 31.7 Å². The second-order valence-electron chi connectivity index (χ2n) is 7.25. The van der Waals surface area contributed by atoms with Crippen LogP contribution in [0.1, 0.15) is 53.2 Å². The maximum Gasteiger partial charge on any atom is 0.257 e. The number of aromatic nitrogens is 1. The van der Waals surface area contributed by atoms with Crippen LogP contribution in [0, 0.1) is 0 Å². The molecule has 7 nitrogen and oxygen atoms in total. The highest BCUT2D eigenvalue weighted by Crippen LogP contribution is 2.39. The van der Waals surface area contributed by atoms with Crippen molar-refractivity contribution in [1.29, 1.82) is 0 Å². The first kappa shape index (κ1) is 19.0. The Labute approximate surface area is 170 Å². The Hall–Kier alpha value is -3.32. The fraction of sp³-hybridized carbons (Fsp3) is 0.273. The number of aliphatic imine (C=N–C) groups is 2. The molecule has 1 amide bonds. The van der Waals surface area contributed by atoms with E-state index in [1.54, 1.807) is 18.6 Å². The van der Waals surface area contributed by atoms with Gasteiger partial charge in [-0.2, -0.15) is 0 Å². The van der Waals surface area contributed by atoms with Gasteiger partial charge in [0, 0.05) is 36.7 Å². The molecule has 1 unspecified atom stereocenters. The highest BCUT2D eigenvalue weighted by molar-refractivity contribution is 6.16. The number of carbonyl (C=O) groups is 1. The van der Waals surface area contributed by atoms with E-state index < -0.39 is 0 Å². The highest BCUT2D eigenvalue weighted by Gasteiger charge is 2.24. The van der Waals surface area contributed by atoms with E-state index in [9.17, 15) is 4.79 Å². The molecular formula is C22H24N6O. The van der Waals surface area contributed by atoms with Crippen molar-refractivity contribution in [3.63, 3.8) is 0 Å². The van der Waals surface area contributed by atoms with E-state index in [1.807, 2.05) is 49.7 Å². The van der Waals surface area contributed by atoms with Gasteiger partial charge in [0.15, 0.2) is 0 Å². The molecule has 1 aliphatic heterocycles. The van der Waals surface area contributed by atoms with Gasteiger partial charge in [-0.15, -0.1) is 0 Å². The minimum absolute atomic E-state index is 0.0491. The Kier molecular flexibility index (Phi) is 5.76. The minimum Gasteiger partial charge on any atom is -0.327 e. The smallest absolute Gasteiger partial charge is 0.257 e. The van der Waals surface area contributed by atoms with Crippen LogP contribution in [0.4, 0.5) is 5.69 Å². The van der Waals surface area contributed by atoms with E-state index in [0.717, 1.165) is 22.5 Å². The lowest BCUT2D eigenvalue weighted by atomic mass is 10.1. The zero-order chi connectivity index (χ0) is 20.1. The number of nitrogens with one attached hydrogen (secondary N) is 3. The molecular weight excluding hydrogens is 364 g/mol. The van der Waals surface area contributed by atoms with Crippen molar-refractivity contribution in [3.8, 4) is 0 Å². The molecule has 0 spiro atoms. The van der Waals surface area contributed by atoms with E-state index in [0.29, 0.717) is 18.0 Å². The summed E-state index contributed by atoms with van der Waals surface area (Å²) in [6.45, 7) is 2.70. The Morgan fingerprint density at radius 2 is 2.17 bits per heavy atom. The summed E-state index contributed by atoms with van der Waals surface area (Å²) in [6.07, 6.45) is 11.0. The van der Waals surface area contributed by atoms with E-state index in [4.69, 9.17) is 0 Å². The molecule has 0 radical (unpaired) electrons. The molecule has 1 aromatic carbocycles. The van der Waals surface area contributed by atoms with Gasteiger partial charge in [0.2, 0.25) is 0 Å². The van der Waals surface area contributed by atoms with E-state index in [2.05, 4.69) is 31.1 Å². The minimum atomic E-state index is -0.146. The van der Waals surface area contributed by atoms with Crippen LogP contribution < -0.4 is 16.2 Å². The lowest BCUT2D eigenvalue weighted by molar-refractivity contribution is 0.102. The number of carbonyl (C=O) groups excluding carboxylic acids is 1. The van der Waals surface area contributed by atoms with Crippen molar-refractivity contribution in [2.75, 3.05) is 11.9 Å². The van der Waals surface area contributed by atoms with Crippen molar-refractivity contribution in [1.82, 2.24) is 15.8 Å². The van der Waals surface area contributed by atoms with Gasteiger partial charge in [-0.1, -0.05) is 12.1 Å². The van der Waals surface area contributed by atoms with Gasteiger partial charge in [-0.05, 0) is 55.0 Å². The quantitative estimate of drug-likeness (QED) is 0.635. The van der Waals surface area contributed by atoms with Gasteiger partial charge in [0.1, 0.15) is 0 Å². The van der Waals surface area contributed by atoms with Crippen molar-refractivity contribution >= 4 is 24.0 Å². The van der Waals surface area contributed by atoms with E-state index in [1.165, 1.54) is 12.8 Å². The summed E-state index contributed by atoms with van der Waals surface area (Å²) < 4.78 is 0. The molecule has 1 aliphatic carbocycles. The normalized spacial score (nSPS) is 17.3. The van der Waals surface area contributed by atoms with Crippen LogP contribution in [0.25, 0.3) is 0 Å². The molecule has 1 aromatic heterocycles. The second kappa shape index (κ2) is 8.79. The monoisotopic (exact) mass is 388 g/mol. The largest absolute Gasteiger partial charge is 0.327 e. The van der Waals surface area contributed by atoms with Gasteiger partial charge in [0.05, 0.1) is 23.8 Å². The van der Waals surface area contributed by atoms with E-state index >= 15 is 0 Å². The first-order valence-electron chi connectivity index (χ1n) is 9.78. The van der Waals surface area contributed by atoms with Gasteiger partial charge in [-0.25, -0.2) is 5.43 Å². The number of hydrogen-bond acceptors (Lipinski definition) is 6. The topological polar surface area (TPSA) is 90.8 Å². The molecule has 7 heteroatoms. The lowest BCUT2D eigenvalue weighted by Crippen LogP contribution is -2.20.